The molecule has 0 aliphatic heterocycles. The fourth-order valence-electron chi connectivity index (χ4n) is 2.91. The molecule has 0 spiro atoms. The molecule has 1 amide bonds. The Balaban J connectivity index is 1.98. The number of ether oxygens (including phenoxy) is 1. The van der Waals surface area contributed by atoms with Crippen LogP contribution in [0.4, 0.5) is 5.69 Å². The molecule has 0 saturated heterocycles. The lowest BCUT2D eigenvalue weighted by Gasteiger charge is -2.20. The van der Waals surface area contributed by atoms with Crippen LogP contribution in [0.15, 0.2) is 48.5 Å². The normalized spacial score (nSPS) is 10.8. The summed E-state index contributed by atoms with van der Waals surface area (Å²) in [5.41, 5.74) is 3.26. The molecule has 148 valence electrons. The van der Waals surface area contributed by atoms with E-state index >= 15 is 0 Å². The molecular formula is C23H27NO4. The van der Waals surface area contributed by atoms with Crippen LogP contribution >= 0.6 is 0 Å². The van der Waals surface area contributed by atoms with Gasteiger partial charge in [-0.05, 0) is 23.0 Å². The van der Waals surface area contributed by atoms with Gasteiger partial charge in [-0.15, -0.1) is 0 Å². The molecule has 0 aromatic heterocycles. The van der Waals surface area contributed by atoms with Crippen molar-refractivity contribution in [1.82, 2.24) is 0 Å². The Labute approximate surface area is 166 Å². The summed E-state index contributed by atoms with van der Waals surface area (Å²) in [6, 6.07) is 14.5. The van der Waals surface area contributed by atoms with Gasteiger partial charge in [0.25, 0.3) is 0 Å². The molecule has 0 atom stereocenters. The maximum absolute atomic E-state index is 12.4. The van der Waals surface area contributed by atoms with Gasteiger partial charge in [-0.1, -0.05) is 76.2 Å². The summed E-state index contributed by atoms with van der Waals surface area (Å²) < 4.78 is 4.97. The number of amides is 1. The summed E-state index contributed by atoms with van der Waals surface area (Å²) in [6.07, 6.45) is -0.438. The van der Waals surface area contributed by atoms with Gasteiger partial charge in [0.05, 0.1) is 0 Å². The van der Waals surface area contributed by atoms with E-state index in [1.807, 2.05) is 18.2 Å². The van der Waals surface area contributed by atoms with Crippen LogP contribution in [0, 0.1) is 0 Å². The SMILES string of the molecule is CC(C)c1cccc(C(C)C)c1NC(=O)CC(=O)OCC(=O)c1ccccc1. The molecule has 0 aliphatic rings. The fourth-order valence-corrected chi connectivity index (χ4v) is 2.91. The minimum atomic E-state index is -0.727. The monoisotopic (exact) mass is 381 g/mol. The number of benzene rings is 2. The Morgan fingerprint density at radius 2 is 1.43 bits per heavy atom. The zero-order chi connectivity index (χ0) is 20.7. The predicted octanol–water partition coefficient (Wildman–Crippen LogP) is 4.69. The fraction of sp³-hybridized carbons (Fsp3) is 0.348. The van der Waals surface area contributed by atoms with Crippen LogP contribution in [-0.4, -0.2) is 24.3 Å². The number of para-hydroxylation sites is 1. The molecule has 2 aromatic carbocycles. The zero-order valence-corrected chi connectivity index (χ0v) is 16.8. The molecule has 2 aromatic rings. The number of anilines is 1. The topological polar surface area (TPSA) is 72.5 Å². The highest BCUT2D eigenvalue weighted by Crippen LogP contribution is 2.32. The molecule has 0 bridgehead atoms. The summed E-state index contributed by atoms with van der Waals surface area (Å²) in [5.74, 6) is -1.03. The van der Waals surface area contributed by atoms with Crippen LogP contribution in [-0.2, 0) is 14.3 Å². The molecule has 0 heterocycles. The van der Waals surface area contributed by atoms with Crippen molar-refractivity contribution in [1.29, 1.82) is 0 Å². The molecule has 0 radical (unpaired) electrons. The smallest absolute Gasteiger partial charge is 0.315 e. The van der Waals surface area contributed by atoms with E-state index in [1.165, 1.54) is 0 Å². The molecule has 2 rings (SSSR count). The van der Waals surface area contributed by atoms with Gasteiger partial charge in [0, 0.05) is 11.3 Å². The summed E-state index contributed by atoms with van der Waals surface area (Å²) in [7, 11) is 0. The maximum atomic E-state index is 12.4. The van der Waals surface area contributed by atoms with Crippen molar-refractivity contribution in [3.63, 3.8) is 0 Å². The van der Waals surface area contributed by atoms with Gasteiger partial charge >= 0.3 is 5.97 Å². The van der Waals surface area contributed by atoms with Crippen molar-refractivity contribution in [2.75, 3.05) is 11.9 Å². The van der Waals surface area contributed by atoms with Gasteiger partial charge < -0.3 is 10.1 Å². The lowest BCUT2D eigenvalue weighted by molar-refractivity contribution is -0.144. The Kier molecular flexibility index (Phi) is 7.50. The third kappa shape index (κ3) is 5.78. The minimum absolute atomic E-state index is 0.226. The van der Waals surface area contributed by atoms with Crippen molar-refractivity contribution in [3.05, 3.63) is 65.2 Å². The molecular weight excluding hydrogens is 354 g/mol. The van der Waals surface area contributed by atoms with Crippen LogP contribution in [0.1, 0.15) is 67.4 Å². The van der Waals surface area contributed by atoms with E-state index < -0.39 is 18.3 Å². The Morgan fingerprint density at radius 3 is 1.96 bits per heavy atom. The standard InChI is InChI=1S/C23H27NO4/c1-15(2)18-11-8-12-19(16(3)4)23(18)24-21(26)13-22(27)28-14-20(25)17-9-6-5-7-10-17/h5-12,15-16H,13-14H2,1-4H3,(H,24,26). The van der Waals surface area contributed by atoms with E-state index in [4.69, 9.17) is 4.74 Å². The molecule has 0 aliphatic carbocycles. The number of hydrogen-bond donors (Lipinski definition) is 1. The lowest BCUT2D eigenvalue weighted by atomic mass is 9.92. The van der Waals surface area contributed by atoms with Gasteiger partial charge in [0.15, 0.2) is 12.4 Å². The van der Waals surface area contributed by atoms with Crippen LogP contribution in [0.25, 0.3) is 0 Å². The second-order valence-electron chi connectivity index (χ2n) is 7.30. The first-order valence-electron chi connectivity index (χ1n) is 9.46. The lowest BCUT2D eigenvalue weighted by Crippen LogP contribution is -2.22. The third-order valence-corrected chi connectivity index (χ3v) is 4.40. The second kappa shape index (κ2) is 9.83. The van der Waals surface area contributed by atoms with Crippen LogP contribution < -0.4 is 5.32 Å². The number of Topliss-reactive ketones (excluding diaryl/α,β-unsaturated/α-hetero) is 1. The number of esters is 1. The first-order chi connectivity index (χ1) is 13.3. The van der Waals surface area contributed by atoms with Crippen molar-refractivity contribution in [2.45, 2.75) is 46.0 Å². The van der Waals surface area contributed by atoms with E-state index in [9.17, 15) is 14.4 Å². The molecule has 0 unspecified atom stereocenters. The quantitative estimate of drug-likeness (QED) is 0.409. The van der Waals surface area contributed by atoms with Gasteiger partial charge in [0.2, 0.25) is 5.91 Å². The van der Waals surface area contributed by atoms with Gasteiger partial charge in [-0.25, -0.2) is 0 Å². The Hall–Kier alpha value is -2.95. The number of hydrogen-bond acceptors (Lipinski definition) is 4. The average molecular weight is 381 g/mol. The number of rotatable bonds is 8. The molecule has 0 fully saturated rings. The summed E-state index contributed by atoms with van der Waals surface area (Å²) in [5, 5.41) is 2.87. The van der Waals surface area contributed by atoms with Gasteiger partial charge in [0.1, 0.15) is 6.42 Å². The van der Waals surface area contributed by atoms with Gasteiger partial charge in [-0.3, -0.25) is 14.4 Å². The predicted molar refractivity (Wildman–Crippen MR) is 110 cm³/mol. The Morgan fingerprint density at radius 1 is 0.857 bits per heavy atom. The van der Waals surface area contributed by atoms with Crippen molar-refractivity contribution in [2.24, 2.45) is 0 Å². The number of nitrogens with one attached hydrogen (secondary N) is 1. The Bertz CT molecular complexity index is 815. The molecule has 0 saturated carbocycles. The van der Waals surface area contributed by atoms with Crippen molar-refractivity contribution < 1.29 is 19.1 Å². The summed E-state index contributed by atoms with van der Waals surface area (Å²) >= 11 is 0. The van der Waals surface area contributed by atoms with E-state index in [0.29, 0.717) is 5.56 Å². The number of carbonyl (C=O) groups is 3. The van der Waals surface area contributed by atoms with Crippen LogP contribution in [0.3, 0.4) is 0 Å². The average Bonchev–Trinajstić information content (AvgIpc) is 2.66. The molecule has 5 heteroatoms. The molecule has 5 nitrogen and oxygen atoms in total. The third-order valence-electron chi connectivity index (χ3n) is 4.40. The highest BCUT2D eigenvalue weighted by molar-refractivity contribution is 6.04. The number of carbonyl (C=O) groups excluding carboxylic acids is 3. The van der Waals surface area contributed by atoms with Crippen LogP contribution in [0.5, 0.6) is 0 Å². The molecule has 1 N–H and O–H groups in total. The minimum Gasteiger partial charge on any atom is -0.457 e. The maximum Gasteiger partial charge on any atom is 0.315 e. The van der Waals surface area contributed by atoms with Crippen LogP contribution in [0.2, 0.25) is 0 Å². The van der Waals surface area contributed by atoms with Crippen molar-refractivity contribution >= 4 is 23.3 Å². The first kappa shape index (κ1) is 21.4. The zero-order valence-electron chi connectivity index (χ0n) is 16.8. The van der Waals surface area contributed by atoms with E-state index in [2.05, 4.69) is 33.0 Å². The largest absolute Gasteiger partial charge is 0.457 e. The second-order valence-corrected chi connectivity index (χ2v) is 7.30. The molecule has 28 heavy (non-hydrogen) atoms. The van der Waals surface area contributed by atoms with Crippen molar-refractivity contribution in [3.8, 4) is 0 Å². The summed E-state index contributed by atoms with van der Waals surface area (Å²) in [4.78, 5) is 36.4. The summed E-state index contributed by atoms with van der Waals surface area (Å²) in [6.45, 7) is 7.84. The highest BCUT2D eigenvalue weighted by atomic mass is 16.5. The van der Waals surface area contributed by atoms with Gasteiger partial charge in [-0.2, -0.15) is 0 Å². The van der Waals surface area contributed by atoms with E-state index in [0.717, 1.165) is 16.8 Å². The highest BCUT2D eigenvalue weighted by Gasteiger charge is 2.18. The van der Waals surface area contributed by atoms with E-state index in [1.54, 1.807) is 30.3 Å². The first-order valence-corrected chi connectivity index (χ1v) is 9.46. The number of ketones is 1. The van der Waals surface area contributed by atoms with E-state index in [-0.39, 0.29) is 24.2 Å².